The van der Waals surface area contributed by atoms with Crippen molar-refractivity contribution < 1.29 is 50.5 Å². The molecular formula is C34H37Cl2F2N3O9S. The van der Waals surface area contributed by atoms with Gasteiger partial charge in [-0.15, -0.1) is 0 Å². The van der Waals surface area contributed by atoms with Crippen LogP contribution < -0.4 is 18.9 Å². The van der Waals surface area contributed by atoms with Gasteiger partial charge in [-0.05, 0) is 73.9 Å². The number of esters is 1. The molecule has 2 aromatic carbocycles. The molecule has 1 aliphatic carbocycles. The lowest BCUT2D eigenvalue weighted by molar-refractivity contribution is -0.605. The smallest absolute Gasteiger partial charge is 0.387 e. The average Bonchev–Trinajstić information content (AvgIpc) is 3.92. The van der Waals surface area contributed by atoms with E-state index < -0.39 is 40.7 Å². The fourth-order valence-electron chi connectivity index (χ4n) is 5.70. The Balaban J connectivity index is 1.50. The van der Waals surface area contributed by atoms with Gasteiger partial charge in [-0.2, -0.15) is 17.8 Å². The zero-order valence-electron chi connectivity index (χ0n) is 28.0. The lowest BCUT2D eigenvalue weighted by Gasteiger charge is -2.34. The molecule has 5 rings (SSSR count). The molecule has 17 heteroatoms. The minimum atomic E-state index is -4.36. The summed E-state index contributed by atoms with van der Waals surface area (Å²) in [6.07, 6.45) is 3.75. The second-order valence-corrected chi connectivity index (χ2v) is 15.2. The molecule has 1 aliphatic heterocycles. The SMILES string of the molecule is COc1ccc(S(=O)(=O)N2CCCC[C@H]2C(=O)O[C@@H](Cc2c(Cl)c[n+]([O-])cc2Cl)c2ccc(OC(F)F)c(OCC3CC3)c2)cc1C(=O)N(C)C. The molecule has 3 aromatic rings. The molecule has 2 fully saturated rings. The number of pyridine rings is 1. The van der Waals surface area contributed by atoms with E-state index in [9.17, 15) is 32.0 Å². The van der Waals surface area contributed by atoms with E-state index in [1.165, 1.54) is 62.5 Å². The molecular weight excluding hydrogens is 735 g/mol. The predicted octanol–water partition coefficient (Wildman–Crippen LogP) is 5.80. The van der Waals surface area contributed by atoms with E-state index in [1.807, 2.05) is 0 Å². The van der Waals surface area contributed by atoms with Crippen molar-refractivity contribution in [2.75, 3.05) is 34.4 Å². The number of piperidine rings is 1. The van der Waals surface area contributed by atoms with Crippen LogP contribution in [-0.2, 0) is 26.0 Å². The molecule has 2 aliphatic rings. The third-order valence-corrected chi connectivity index (χ3v) is 11.1. The number of methoxy groups -OCH3 is 1. The average molecular weight is 773 g/mol. The van der Waals surface area contributed by atoms with Crippen molar-refractivity contribution in [3.8, 4) is 17.2 Å². The first-order valence-corrected chi connectivity index (χ1v) is 18.3. The fraction of sp³-hybridized carbons (Fsp3) is 0.441. The Labute approximate surface area is 304 Å². The summed E-state index contributed by atoms with van der Waals surface area (Å²) in [6, 6.07) is 6.70. The summed E-state index contributed by atoms with van der Waals surface area (Å²) in [7, 11) is 0.0444. The summed E-state index contributed by atoms with van der Waals surface area (Å²) in [5.41, 5.74) is 0.560. The minimum Gasteiger partial charge on any atom is -0.619 e. The molecule has 1 saturated carbocycles. The first-order valence-electron chi connectivity index (χ1n) is 16.1. The molecule has 2 heterocycles. The Morgan fingerprint density at radius 2 is 1.71 bits per heavy atom. The van der Waals surface area contributed by atoms with E-state index in [4.69, 9.17) is 37.4 Å². The molecule has 12 nitrogen and oxygen atoms in total. The van der Waals surface area contributed by atoms with E-state index >= 15 is 0 Å². The van der Waals surface area contributed by atoms with Crippen LogP contribution in [0.3, 0.4) is 0 Å². The van der Waals surface area contributed by atoms with Gasteiger partial charge in [0.25, 0.3) is 5.91 Å². The summed E-state index contributed by atoms with van der Waals surface area (Å²) in [5.74, 6) is -1.16. The largest absolute Gasteiger partial charge is 0.619 e. The summed E-state index contributed by atoms with van der Waals surface area (Å²) in [6.45, 7) is -2.88. The van der Waals surface area contributed by atoms with E-state index in [0.29, 0.717) is 17.6 Å². The van der Waals surface area contributed by atoms with Gasteiger partial charge in [-0.25, -0.2) is 8.42 Å². The van der Waals surface area contributed by atoms with Crippen molar-refractivity contribution in [2.24, 2.45) is 5.92 Å². The zero-order chi connectivity index (χ0) is 37.0. The van der Waals surface area contributed by atoms with Gasteiger partial charge >= 0.3 is 12.6 Å². The number of hydrogen-bond acceptors (Lipinski definition) is 9. The molecule has 51 heavy (non-hydrogen) atoms. The first kappa shape index (κ1) is 38.3. The van der Waals surface area contributed by atoms with Gasteiger partial charge in [0, 0.05) is 32.6 Å². The number of sulfonamides is 1. The van der Waals surface area contributed by atoms with Crippen LogP contribution in [0.15, 0.2) is 53.7 Å². The van der Waals surface area contributed by atoms with Crippen LogP contribution >= 0.6 is 23.2 Å². The Hall–Kier alpha value is -3.92. The molecule has 2 atom stereocenters. The van der Waals surface area contributed by atoms with Crippen LogP contribution in [0.2, 0.25) is 10.0 Å². The molecule has 1 aromatic heterocycles. The number of hydrogen-bond donors (Lipinski definition) is 0. The highest BCUT2D eigenvalue weighted by Crippen LogP contribution is 2.39. The normalized spacial score (nSPS) is 17.1. The van der Waals surface area contributed by atoms with Gasteiger partial charge in [0.15, 0.2) is 23.9 Å². The second-order valence-electron chi connectivity index (χ2n) is 12.5. The van der Waals surface area contributed by atoms with Crippen molar-refractivity contribution in [1.82, 2.24) is 9.21 Å². The number of halogens is 4. The number of benzene rings is 2. The molecule has 1 amide bonds. The summed E-state index contributed by atoms with van der Waals surface area (Å²) >= 11 is 12.8. The Bertz CT molecular complexity index is 1860. The molecule has 1 saturated heterocycles. The topological polar surface area (TPSA) is 139 Å². The number of carbonyl (C=O) groups excluding carboxylic acids is 2. The number of carbonyl (C=O) groups is 2. The third-order valence-electron chi connectivity index (χ3n) is 8.57. The number of nitrogens with zero attached hydrogens (tertiary/aromatic N) is 3. The highest BCUT2D eigenvalue weighted by molar-refractivity contribution is 7.89. The quantitative estimate of drug-likeness (QED) is 0.113. The fourth-order valence-corrected chi connectivity index (χ4v) is 7.97. The maximum absolute atomic E-state index is 14.1. The van der Waals surface area contributed by atoms with Crippen molar-refractivity contribution in [3.63, 3.8) is 0 Å². The Morgan fingerprint density at radius 1 is 1.02 bits per heavy atom. The standard InChI is InChI=1S/C34H37Cl2F2N3O9S/c1-39(2)32(42)24-15-22(10-12-28(24)47-3)51(45,46)41-13-5-4-6-27(41)33(43)49-30(16-23-25(35)17-40(44)18-26(23)36)21-9-11-29(50-34(37)38)31(14-21)48-19-20-7-8-20/h9-12,14-15,17-18,20,27,30,34H,4-8,13,16,19H2,1-3H3/t27-,30-/m0/s1. The first-order chi connectivity index (χ1) is 24.2. The van der Waals surface area contributed by atoms with Gasteiger partial charge in [0.1, 0.15) is 27.9 Å². The molecule has 0 spiro atoms. The molecule has 276 valence electrons. The van der Waals surface area contributed by atoms with E-state index in [2.05, 4.69) is 4.74 Å². The predicted molar refractivity (Wildman–Crippen MR) is 182 cm³/mol. The lowest BCUT2D eigenvalue weighted by Crippen LogP contribution is -2.48. The van der Waals surface area contributed by atoms with Gasteiger partial charge < -0.3 is 29.1 Å². The molecule has 0 bridgehead atoms. The van der Waals surface area contributed by atoms with Crippen LogP contribution in [0, 0.1) is 11.1 Å². The maximum Gasteiger partial charge on any atom is 0.387 e. The van der Waals surface area contributed by atoms with Crippen LogP contribution in [0.5, 0.6) is 17.2 Å². The monoisotopic (exact) mass is 771 g/mol. The van der Waals surface area contributed by atoms with E-state index in [1.54, 1.807) is 0 Å². The van der Waals surface area contributed by atoms with Gasteiger partial charge in [0.05, 0.1) is 24.2 Å². The van der Waals surface area contributed by atoms with Crippen LogP contribution in [-0.4, -0.2) is 76.5 Å². The van der Waals surface area contributed by atoms with Crippen molar-refractivity contribution >= 4 is 45.1 Å². The second kappa shape index (κ2) is 16.2. The van der Waals surface area contributed by atoms with E-state index in [-0.39, 0.29) is 80.8 Å². The van der Waals surface area contributed by atoms with Gasteiger partial charge in [-0.1, -0.05) is 29.3 Å². The zero-order valence-corrected chi connectivity index (χ0v) is 30.3. The number of rotatable bonds is 14. The van der Waals surface area contributed by atoms with Gasteiger partial charge in [0.2, 0.25) is 10.0 Å². The molecule has 0 N–H and O–H groups in total. The number of amides is 1. The Kier molecular flexibility index (Phi) is 12.2. The van der Waals surface area contributed by atoms with Crippen molar-refractivity contribution in [2.45, 2.75) is 62.2 Å². The Morgan fingerprint density at radius 3 is 2.33 bits per heavy atom. The summed E-state index contributed by atoms with van der Waals surface area (Å²) < 4.78 is 78.1. The van der Waals surface area contributed by atoms with Crippen molar-refractivity contribution in [1.29, 1.82) is 0 Å². The summed E-state index contributed by atoms with van der Waals surface area (Å²) in [4.78, 5) is 28.0. The minimum absolute atomic E-state index is 0.00554. The summed E-state index contributed by atoms with van der Waals surface area (Å²) in [5, 5.41) is 11.9. The number of ether oxygens (including phenoxy) is 4. The lowest BCUT2D eigenvalue weighted by atomic mass is 10.0. The van der Waals surface area contributed by atoms with Crippen molar-refractivity contribution in [3.05, 3.63) is 80.7 Å². The maximum atomic E-state index is 14.1. The number of alkyl halides is 2. The van der Waals surface area contributed by atoms with Gasteiger partial charge in [-0.3, -0.25) is 9.59 Å². The highest BCUT2D eigenvalue weighted by Gasteiger charge is 2.40. The third kappa shape index (κ3) is 9.12. The highest BCUT2D eigenvalue weighted by atomic mass is 35.5. The van der Waals surface area contributed by atoms with E-state index in [0.717, 1.165) is 29.5 Å². The number of aromatic nitrogens is 1. The molecule has 0 radical (unpaired) electrons. The van der Waals surface area contributed by atoms with Crippen LogP contribution in [0.25, 0.3) is 0 Å². The van der Waals surface area contributed by atoms with Crippen LogP contribution in [0.4, 0.5) is 8.78 Å². The van der Waals surface area contributed by atoms with Crippen LogP contribution in [0.1, 0.15) is 59.7 Å². The molecule has 0 unspecified atom stereocenters.